The van der Waals surface area contributed by atoms with Crippen LogP contribution in [0.2, 0.25) is 0 Å². The molecule has 134 valence electrons. The van der Waals surface area contributed by atoms with Crippen molar-refractivity contribution in [2.75, 3.05) is 18.4 Å². The predicted octanol–water partition coefficient (Wildman–Crippen LogP) is 4.02. The molecule has 25 heavy (non-hydrogen) atoms. The van der Waals surface area contributed by atoms with E-state index in [0.717, 1.165) is 12.3 Å². The monoisotopic (exact) mass is 338 g/mol. The summed E-state index contributed by atoms with van der Waals surface area (Å²) in [5.74, 6) is 2.04. The van der Waals surface area contributed by atoms with Crippen LogP contribution < -0.4 is 5.32 Å². The molecule has 3 heteroatoms. The highest BCUT2D eigenvalue weighted by atomic mass is 16.5. The number of ether oxygens (including phenoxy) is 1. The molecule has 4 bridgehead atoms. The summed E-state index contributed by atoms with van der Waals surface area (Å²) >= 11 is 0. The fourth-order valence-corrected chi connectivity index (χ4v) is 6.31. The molecule has 5 heterocycles. The number of benzene rings is 1. The standard InChI is InChI=1S/C22H30N2O/c1-4-15-13-24-10-9-16(15)11-19(24)21-22(14(2)3)12-20(25-21)23-18-8-6-5-7-17(18)22/h4-8,14-16,19-21,23H,1,9-13H2,2-3H3/t15-,16-,19+,20-,21+,22+/m0/s1. The fourth-order valence-electron chi connectivity index (χ4n) is 6.31. The third kappa shape index (κ3) is 2.12. The van der Waals surface area contributed by atoms with E-state index in [9.17, 15) is 0 Å². The van der Waals surface area contributed by atoms with E-state index in [1.807, 2.05) is 0 Å². The Labute approximate surface area is 151 Å². The van der Waals surface area contributed by atoms with Gasteiger partial charge in [0.05, 0.1) is 6.10 Å². The molecule has 0 radical (unpaired) electrons. The first-order valence-corrected chi connectivity index (χ1v) is 10.0. The van der Waals surface area contributed by atoms with Crippen molar-refractivity contribution >= 4 is 5.69 Å². The smallest absolute Gasteiger partial charge is 0.129 e. The Morgan fingerprint density at radius 1 is 1.36 bits per heavy atom. The highest BCUT2D eigenvalue weighted by Gasteiger charge is 2.59. The molecule has 1 aromatic carbocycles. The molecule has 0 aromatic heterocycles. The Balaban J connectivity index is 1.56. The molecule has 5 aliphatic rings. The molecule has 5 aliphatic heterocycles. The lowest BCUT2D eigenvalue weighted by Crippen LogP contribution is -2.61. The summed E-state index contributed by atoms with van der Waals surface area (Å²) in [6, 6.07) is 9.45. The summed E-state index contributed by atoms with van der Waals surface area (Å²) in [7, 11) is 0. The molecule has 0 aliphatic carbocycles. The molecular weight excluding hydrogens is 308 g/mol. The van der Waals surface area contributed by atoms with Gasteiger partial charge in [-0.25, -0.2) is 0 Å². The van der Waals surface area contributed by atoms with Crippen molar-refractivity contribution in [1.29, 1.82) is 0 Å². The summed E-state index contributed by atoms with van der Waals surface area (Å²) in [6.07, 6.45) is 6.35. The number of nitrogens with one attached hydrogen (secondary N) is 1. The van der Waals surface area contributed by atoms with Gasteiger partial charge in [0.25, 0.3) is 0 Å². The fraction of sp³-hybridized carbons (Fsp3) is 0.636. The molecule has 4 saturated heterocycles. The van der Waals surface area contributed by atoms with E-state index in [1.54, 1.807) is 0 Å². The number of hydrogen-bond donors (Lipinski definition) is 1. The van der Waals surface area contributed by atoms with E-state index in [1.165, 1.54) is 37.2 Å². The van der Waals surface area contributed by atoms with Crippen molar-refractivity contribution in [3.05, 3.63) is 42.5 Å². The van der Waals surface area contributed by atoms with Crippen LogP contribution in [0.15, 0.2) is 36.9 Å². The van der Waals surface area contributed by atoms with Crippen LogP contribution in [-0.2, 0) is 10.2 Å². The average Bonchev–Trinajstić information content (AvgIpc) is 2.96. The number of anilines is 1. The zero-order valence-electron chi connectivity index (χ0n) is 15.4. The third-order valence-corrected chi connectivity index (χ3v) is 7.62. The summed E-state index contributed by atoms with van der Waals surface area (Å²) < 4.78 is 6.71. The molecule has 1 unspecified atom stereocenters. The molecule has 1 aromatic rings. The van der Waals surface area contributed by atoms with E-state index in [0.29, 0.717) is 24.0 Å². The lowest BCUT2D eigenvalue weighted by Gasteiger charge is -2.54. The van der Waals surface area contributed by atoms with Crippen LogP contribution in [0.5, 0.6) is 0 Å². The highest BCUT2D eigenvalue weighted by Crippen LogP contribution is 2.56. The van der Waals surface area contributed by atoms with Crippen molar-refractivity contribution < 1.29 is 4.74 Å². The van der Waals surface area contributed by atoms with Crippen molar-refractivity contribution in [1.82, 2.24) is 4.90 Å². The summed E-state index contributed by atoms with van der Waals surface area (Å²) in [5, 5.41) is 3.64. The van der Waals surface area contributed by atoms with Gasteiger partial charge in [-0.2, -0.15) is 0 Å². The maximum Gasteiger partial charge on any atom is 0.129 e. The number of hydrogen-bond acceptors (Lipinski definition) is 3. The minimum absolute atomic E-state index is 0.137. The van der Waals surface area contributed by atoms with Crippen LogP contribution in [0.4, 0.5) is 5.69 Å². The van der Waals surface area contributed by atoms with Crippen LogP contribution >= 0.6 is 0 Å². The number of para-hydroxylation sites is 1. The summed E-state index contributed by atoms with van der Waals surface area (Å²) in [6.45, 7) is 11.3. The first-order chi connectivity index (χ1) is 12.1. The van der Waals surface area contributed by atoms with Crippen LogP contribution in [0.3, 0.4) is 0 Å². The van der Waals surface area contributed by atoms with E-state index in [4.69, 9.17) is 4.74 Å². The lowest BCUT2D eigenvalue weighted by molar-refractivity contribution is -0.0836. The van der Waals surface area contributed by atoms with Crippen LogP contribution in [0, 0.1) is 17.8 Å². The first kappa shape index (κ1) is 15.9. The average molecular weight is 338 g/mol. The largest absolute Gasteiger partial charge is 0.360 e. The van der Waals surface area contributed by atoms with Gasteiger partial charge < -0.3 is 10.1 Å². The quantitative estimate of drug-likeness (QED) is 0.843. The second kappa shape index (κ2) is 5.59. The molecule has 4 fully saturated rings. The minimum Gasteiger partial charge on any atom is -0.360 e. The molecule has 1 N–H and O–H groups in total. The van der Waals surface area contributed by atoms with Gasteiger partial charge in [0.2, 0.25) is 0 Å². The number of fused-ring (bicyclic) bond motifs is 7. The summed E-state index contributed by atoms with van der Waals surface area (Å²) in [5.41, 5.74) is 2.90. The zero-order valence-corrected chi connectivity index (χ0v) is 15.4. The van der Waals surface area contributed by atoms with Crippen molar-refractivity contribution in [2.45, 2.75) is 56.9 Å². The topological polar surface area (TPSA) is 24.5 Å². The van der Waals surface area contributed by atoms with Crippen molar-refractivity contribution in [3.63, 3.8) is 0 Å². The Morgan fingerprint density at radius 2 is 2.20 bits per heavy atom. The summed E-state index contributed by atoms with van der Waals surface area (Å²) in [4.78, 5) is 2.71. The SMILES string of the molecule is C=C[C@H]1CN2CC[C@H]1C[C@@H]2[C@H]1O[C@H]2C[C@@]1(C(C)C)c1ccccc1N2. The second-order valence-corrected chi connectivity index (χ2v) is 8.88. The Morgan fingerprint density at radius 3 is 2.92 bits per heavy atom. The van der Waals surface area contributed by atoms with Gasteiger partial charge in [-0.3, -0.25) is 4.90 Å². The first-order valence-electron chi connectivity index (χ1n) is 10.0. The molecular formula is C22H30N2O. The zero-order chi connectivity index (χ0) is 17.2. The third-order valence-electron chi connectivity index (χ3n) is 7.62. The van der Waals surface area contributed by atoms with Gasteiger partial charge in [-0.15, -0.1) is 6.58 Å². The normalized spacial score (nSPS) is 44.4. The van der Waals surface area contributed by atoms with E-state index < -0.39 is 0 Å². The molecule has 7 atom stereocenters. The predicted molar refractivity (Wildman–Crippen MR) is 102 cm³/mol. The highest BCUT2D eigenvalue weighted by molar-refractivity contribution is 5.59. The van der Waals surface area contributed by atoms with Crippen molar-refractivity contribution in [3.8, 4) is 0 Å². The molecule has 0 spiro atoms. The maximum absolute atomic E-state index is 6.71. The van der Waals surface area contributed by atoms with Crippen molar-refractivity contribution in [2.24, 2.45) is 17.8 Å². The molecule has 6 rings (SSSR count). The Bertz CT molecular complexity index is 686. The van der Waals surface area contributed by atoms with Crippen LogP contribution in [0.25, 0.3) is 0 Å². The Kier molecular flexibility index (Phi) is 3.55. The molecule has 0 amide bonds. The second-order valence-electron chi connectivity index (χ2n) is 8.88. The van der Waals surface area contributed by atoms with E-state index >= 15 is 0 Å². The van der Waals surface area contributed by atoms with E-state index in [2.05, 4.69) is 61.0 Å². The Hall–Kier alpha value is -1.32. The van der Waals surface area contributed by atoms with Gasteiger partial charge >= 0.3 is 0 Å². The minimum atomic E-state index is 0.137. The van der Waals surface area contributed by atoms with Crippen LogP contribution in [0.1, 0.15) is 38.7 Å². The van der Waals surface area contributed by atoms with Gasteiger partial charge in [-0.05, 0) is 48.8 Å². The van der Waals surface area contributed by atoms with Gasteiger partial charge in [0, 0.05) is 30.1 Å². The van der Waals surface area contributed by atoms with Gasteiger partial charge in [0.1, 0.15) is 6.23 Å². The number of piperidine rings is 3. The maximum atomic E-state index is 6.71. The van der Waals surface area contributed by atoms with Crippen LogP contribution in [-0.4, -0.2) is 36.4 Å². The van der Waals surface area contributed by atoms with E-state index in [-0.39, 0.29) is 11.6 Å². The lowest BCUT2D eigenvalue weighted by atomic mass is 9.61. The number of nitrogens with zero attached hydrogens (tertiary/aromatic N) is 1. The molecule has 0 saturated carbocycles. The van der Waals surface area contributed by atoms with Gasteiger partial charge in [-0.1, -0.05) is 38.1 Å². The molecule has 3 nitrogen and oxygen atoms in total. The van der Waals surface area contributed by atoms with Gasteiger partial charge in [0.15, 0.2) is 0 Å². The number of rotatable bonds is 3.